The summed E-state index contributed by atoms with van der Waals surface area (Å²) in [5.41, 5.74) is -2.34. The van der Waals surface area contributed by atoms with Crippen LogP contribution in [0.25, 0.3) is 5.41 Å². The quantitative estimate of drug-likeness (QED) is 0.117. The molecule has 31 heavy (non-hydrogen) atoms. The Hall–Kier alpha value is -0.704. The van der Waals surface area contributed by atoms with Crippen molar-refractivity contribution in [1.29, 1.82) is 0 Å². The molecule has 0 aliphatic rings. The molecule has 0 aliphatic heterocycles. The van der Waals surface area contributed by atoms with Crippen molar-refractivity contribution in [3.63, 3.8) is 0 Å². The van der Waals surface area contributed by atoms with Crippen molar-refractivity contribution < 1.29 is 130 Å². The zero-order valence-electron chi connectivity index (χ0n) is 17.2. The van der Waals surface area contributed by atoms with Gasteiger partial charge in [-0.1, -0.05) is 19.1 Å². The first kappa shape index (κ1) is 37.6. The smallest absolute Gasteiger partial charge is 0.753 e. The number of isothiocyanates is 1. The van der Waals surface area contributed by atoms with Crippen molar-refractivity contribution in [3.8, 4) is 5.75 Å². The number of benzene rings is 1. The van der Waals surface area contributed by atoms with Gasteiger partial charge >= 0.3 is 98.8 Å². The van der Waals surface area contributed by atoms with Crippen LogP contribution in [0.4, 0.5) is 0 Å². The number of ether oxygens (including phenoxy) is 1. The van der Waals surface area contributed by atoms with Crippen LogP contribution in [0.3, 0.4) is 0 Å². The molecule has 1 atom stereocenters. The number of phenols is 1. The number of aliphatic carboxylic acids is 3. The fourth-order valence-corrected chi connectivity index (χ4v) is 1.58. The van der Waals surface area contributed by atoms with Gasteiger partial charge in [-0.2, -0.15) is 5.16 Å². The standard InChI is InChI=1S/C10H12O3.C6H8O7.CNS.K.Na/c1-2-7-13-10(12)8-3-5-9(11)6-4-8;7-3(8)1-6(13,5(11)12)2-4(9)10;2-1-3;;/h3-6,11H,2,7H2,1H3;13H,1-2H2,(H,7,8)(H,9,10)(H,11,12);;;/q;;-1;2*+1/p-1. The van der Waals surface area contributed by atoms with Crippen molar-refractivity contribution in [2.75, 3.05) is 6.61 Å². The Kier molecular flexibility index (Phi) is 25.7. The predicted octanol–water partition coefficient (Wildman–Crippen LogP) is -5.96. The van der Waals surface area contributed by atoms with E-state index in [1.165, 1.54) is 29.4 Å². The number of nitrogens with zero attached hydrogens (tertiary/aromatic N) is 1. The van der Waals surface area contributed by atoms with Gasteiger partial charge < -0.3 is 40.5 Å². The Bertz CT molecular complexity index is 723. The molecule has 0 radical (unpaired) electrons. The number of thiocarbonyl (C=S) groups is 1. The molecule has 14 heteroatoms. The summed E-state index contributed by atoms with van der Waals surface area (Å²) in [5, 5.41) is 52.9. The van der Waals surface area contributed by atoms with Gasteiger partial charge in [-0.15, -0.1) is 0 Å². The average Bonchev–Trinajstić information content (AvgIpc) is 2.60. The number of rotatable bonds is 8. The third-order valence-electron chi connectivity index (χ3n) is 2.82. The summed E-state index contributed by atoms with van der Waals surface area (Å²) in [6.45, 7) is 2.36. The maximum Gasteiger partial charge on any atom is 1.00 e. The molecule has 0 bridgehead atoms. The molecule has 0 aliphatic carbocycles. The summed E-state index contributed by atoms with van der Waals surface area (Å²) in [7, 11) is 0. The monoisotopic (exact) mass is 491 g/mol. The van der Waals surface area contributed by atoms with Crippen LogP contribution in [-0.2, 0) is 19.1 Å². The number of phenolic OH excluding ortho intramolecular Hbond substituents is 1. The molecule has 0 amide bonds. The first-order chi connectivity index (χ1) is 13.4. The fraction of sp³-hybridized carbons (Fsp3) is 0.353. The van der Waals surface area contributed by atoms with Crippen LogP contribution >= 0.6 is 12.2 Å². The molecule has 0 fully saturated rings. The maximum atomic E-state index is 11.2. The third-order valence-corrected chi connectivity index (χ3v) is 2.82. The average molecular weight is 491 g/mol. The van der Waals surface area contributed by atoms with Gasteiger partial charge in [-0.3, -0.25) is 4.79 Å². The number of carboxylic acid groups (broad SMARTS) is 3. The molecular formula is C17H19KNNaO10S. The minimum Gasteiger partial charge on any atom is -0.753 e. The summed E-state index contributed by atoms with van der Waals surface area (Å²) < 4.78 is 4.90. The number of esters is 1. The predicted molar refractivity (Wildman–Crippen MR) is 99.1 cm³/mol. The molecule has 1 rings (SSSR count). The van der Waals surface area contributed by atoms with Crippen LogP contribution in [0.5, 0.6) is 5.75 Å². The number of carbonyl (C=O) groups excluding carboxylic acids is 2. The molecule has 0 saturated heterocycles. The summed E-state index contributed by atoms with van der Waals surface area (Å²) in [4.78, 5) is 41.5. The molecule has 1 unspecified atom stereocenters. The summed E-state index contributed by atoms with van der Waals surface area (Å²) >= 11 is 3.70. The summed E-state index contributed by atoms with van der Waals surface area (Å²) in [6.07, 6.45) is -1.63. The second-order valence-electron chi connectivity index (χ2n) is 5.23. The van der Waals surface area contributed by atoms with E-state index >= 15 is 0 Å². The zero-order valence-corrected chi connectivity index (χ0v) is 23.2. The summed E-state index contributed by atoms with van der Waals surface area (Å²) in [5.74, 6) is -5.54. The molecule has 0 heterocycles. The maximum absolute atomic E-state index is 11.2. The summed E-state index contributed by atoms with van der Waals surface area (Å²) in [6, 6.07) is 5.99. The van der Waals surface area contributed by atoms with Crippen molar-refractivity contribution >= 4 is 41.3 Å². The van der Waals surface area contributed by atoms with Gasteiger partial charge in [-0.05, 0) is 30.7 Å². The Labute approximate surface area is 248 Å². The number of carboxylic acids is 3. The molecule has 1 aromatic carbocycles. The van der Waals surface area contributed by atoms with Crippen LogP contribution in [0.15, 0.2) is 24.3 Å². The van der Waals surface area contributed by atoms with Crippen LogP contribution in [0.1, 0.15) is 36.5 Å². The minimum atomic E-state index is -2.80. The molecular weight excluding hydrogens is 472 g/mol. The van der Waals surface area contributed by atoms with Gasteiger partial charge in [-0.25, -0.2) is 9.59 Å². The van der Waals surface area contributed by atoms with Crippen molar-refractivity contribution in [1.82, 2.24) is 0 Å². The minimum absolute atomic E-state index is 0. The van der Waals surface area contributed by atoms with Gasteiger partial charge in [0, 0.05) is 12.4 Å². The van der Waals surface area contributed by atoms with Gasteiger partial charge in [0.1, 0.15) is 5.75 Å². The van der Waals surface area contributed by atoms with Crippen molar-refractivity contribution in [2.24, 2.45) is 0 Å². The second-order valence-corrected chi connectivity index (χ2v) is 5.41. The Morgan fingerprint density at radius 3 is 1.94 bits per heavy atom. The van der Waals surface area contributed by atoms with Gasteiger partial charge in [0.05, 0.1) is 18.6 Å². The van der Waals surface area contributed by atoms with E-state index in [1.807, 2.05) is 6.92 Å². The normalized spacial score (nSPS) is 10.4. The second kappa shape index (κ2) is 21.2. The molecule has 4 N–H and O–H groups in total. The molecule has 0 saturated carbocycles. The number of hydrogen-bond donors (Lipinski definition) is 4. The number of carbonyl (C=O) groups is 4. The van der Waals surface area contributed by atoms with Crippen LogP contribution in [-0.4, -0.2) is 61.7 Å². The first-order valence-corrected chi connectivity index (χ1v) is 8.19. The van der Waals surface area contributed by atoms with Crippen molar-refractivity contribution in [3.05, 3.63) is 35.2 Å². The third kappa shape index (κ3) is 19.7. The van der Waals surface area contributed by atoms with E-state index in [1.54, 1.807) is 0 Å². The van der Waals surface area contributed by atoms with Crippen LogP contribution in [0, 0.1) is 0 Å². The van der Waals surface area contributed by atoms with Gasteiger partial charge in [0.25, 0.3) is 0 Å². The Balaban J connectivity index is -0.000000197. The van der Waals surface area contributed by atoms with E-state index in [0.29, 0.717) is 12.2 Å². The molecule has 1 aromatic rings. The van der Waals surface area contributed by atoms with E-state index < -0.39 is 36.4 Å². The molecule has 0 spiro atoms. The molecule has 11 nitrogen and oxygen atoms in total. The Morgan fingerprint density at radius 2 is 1.61 bits per heavy atom. The zero-order chi connectivity index (χ0) is 23.0. The number of aliphatic hydroxyl groups is 1. The largest absolute Gasteiger partial charge is 1.00 e. The van der Waals surface area contributed by atoms with Crippen LogP contribution in [0.2, 0.25) is 0 Å². The van der Waals surface area contributed by atoms with E-state index in [9.17, 15) is 24.3 Å². The SMILES string of the molecule is CCCOC(=O)c1ccc(O)cc1.O=C([O-])CC(O)(CC(=O)O)C(=O)O.[K+].[N-]=C=S.[Na+]. The Morgan fingerprint density at radius 1 is 1.16 bits per heavy atom. The topological polar surface area (TPSA) is 204 Å². The molecule has 0 aromatic heterocycles. The van der Waals surface area contributed by atoms with Crippen molar-refractivity contribution in [2.45, 2.75) is 31.8 Å². The number of aromatic hydroxyl groups is 1. The number of hydrogen-bond acceptors (Lipinski definition) is 9. The van der Waals surface area contributed by atoms with E-state index in [-0.39, 0.29) is 92.7 Å². The van der Waals surface area contributed by atoms with Gasteiger partial charge in [0.15, 0.2) is 5.60 Å². The fourth-order valence-electron chi connectivity index (χ4n) is 1.58. The van der Waals surface area contributed by atoms with E-state index in [0.717, 1.165) is 6.42 Å². The van der Waals surface area contributed by atoms with Gasteiger partial charge in [0.2, 0.25) is 0 Å². The molecule has 160 valence electrons. The van der Waals surface area contributed by atoms with E-state index in [2.05, 4.69) is 12.2 Å². The van der Waals surface area contributed by atoms with E-state index in [4.69, 9.17) is 30.6 Å². The first-order valence-electron chi connectivity index (χ1n) is 7.78. The van der Waals surface area contributed by atoms with Crippen LogP contribution < -0.4 is 86.0 Å².